The van der Waals surface area contributed by atoms with Gasteiger partial charge >= 0.3 is 5.97 Å². The summed E-state index contributed by atoms with van der Waals surface area (Å²) in [5, 5.41) is 5.36. The highest BCUT2D eigenvalue weighted by Crippen LogP contribution is 2.42. The van der Waals surface area contributed by atoms with Crippen LogP contribution in [0.25, 0.3) is 44.5 Å². The summed E-state index contributed by atoms with van der Waals surface area (Å²) >= 11 is 0. The average Bonchev–Trinajstić information content (AvgIpc) is 3.31. The zero-order chi connectivity index (χ0) is 25.1. The van der Waals surface area contributed by atoms with Gasteiger partial charge in [-0.15, -0.1) is 0 Å². The van der Waals surface area contributed by atoms with Crippen LogP contribution in [0.5, 0.6) is 0 Å². The molecule has 2 aromatic carbocycles. The Kier molecular flexibility index (Phi) is 6.49. The van der Waals surface area contributed by atoms with Crippen LogP contribution in [0.1, 0.15) is 13.3 Å². The molecule has 0 aliphatic carbocycles. The summed E-state index contributed by atoms with van der Waals surface area (Å²) in [7, 11) is 0. The van der Waals surface area contributed by atoms with Gasteiger partial charge in [0.1, 0.15) is 11.6 Å². The summed E-state index contributed by atoms with van der Waals surface area (Å²) in [5.74, 6) is -1.01. The van der Waals surface area contributed by atoms with Gasteiger partial charge < -0.3 is 4.74 Å². The van der Waals surface area contributed by atoms with Gasteiger partial charge in [-0.25, -0.2) is 13.8 Å². The number of ether oxygens (including phenoxy) is 1. The number of halogens is 2. The molecule has 3 heterocycles. The molecule has 5 rings (SSSR count). The summed E-state index contributed by atoms with van der Waals surface area (Å²) in [6.45, 7) is 2.39. The molecule has 0 unspecified atom stereocenters. The lowest BCUT2D eigenvalue weighted by Gasteiger charge is -2.16. The van der Waals surface area contributed by atoms with Crippen LogP contribution in [0.2, 0.25) is 0 Å². The lowest BCUT2D eigenvalue weighted by atomic mass is 9.90. The number of esters is 1. The molecule has 0 amide bonds. The molecule has 0 saturated carbocycles. The number of benzene rings is 2. The van der Waals surface area contributed by atoms with Gasteiger partial charge in [0.25, 0.3) is 0 Å². The first-order valence-electron chi connectivity index (χ1n) is 11.5. The molecule has 0 fully saturated rings. The fourth-order valence-electron chi connectivity index (χ4n) is 4.17. The van der Waals surface area contributed by atoms with E-state index in [-0.39, 0.29) is 24.0 Å². The number of nitrogens with zero attached hydrogens (tertiary/aromatic N) is 4. The van der Waals surface area contributed by atoms with Crippen LogP contribution in [-0.2, 0) is 16.1 Å². The molecule has 36 heavy (non-hydrogen) atoms. The standard InChI is InChI=1S/C28H22F2N4O2/c1-2-36-24(35)13-16-34-17-23-25(18-3-7-21(29)8-4-18)26(19-11-14-31-15-12-19)27(32-28(23)33-34)20-5-9-22(30)10-6-20/h3-12,14-15,17H,2,13,16H2,1H3. The number of hydrogen-bond acceptors (Lipinski definition) is 5. The third kappa shape index (κ3) is 4.70. The molecule has 5 aromatic rings. The van der Waals surface area contributed by atoms with E-state index >= 15 is 0 Å². The zero-order valence-electron chi connectivity index (χ0n) is 19.5. The van der Waals surface area contributed by atoms with Crippen LogP contribution in [-0.4, -0.2) is 32.3 Å². The summed E-state index contributed by atoms with van der Waals surface area (Å²) < 4.78 is 34.3. The van der Waals surface area contributed by atoms with Crippen molar-refractivity contribution < 1.29 is 18.3 Å². The smallest absolute Gasteiger partial charge is 0.307 e. The highest BCUT2D eigenvalue weighted by molar-refractivity contribution is 6.05. The predicted molar refractivity (Wildman–Crippen MR) is 133 cm³/mol. The van der Waals surface area contributed by atoms with Gasteiger partial charge in [-0.3, -0.25) is 14.5 Å². The Morgan fingerprint density at radius 2 is 1.47 bits per heavy atom. The number of carbonyl (C=O) groups excluding carboxylic acids is 1. The molecule has 0 spiro atoms. The molecule has 0 atom stereocenters. The van der Waals surface area contributed by atoms with Crippen molar-refractivity contribution in [2.24, 2.45) is 0 Å². The molecule has 180 valence electrons. The third-order valence-electron chi connectivity index (χ3n) is 5.79. The normalized spacial score (nSPS) is 11.1. The lowest BCUT2D eigenvalue weighted by molar-refractivity contribution is -0.143. The summed E-state index contributed by atoms with van der Waals surface area (Å²) in [6.07, 6.45) is 5.37. The number of hydrogen-bond donors (Lipinski definition) is 0. The van der Waals surface area contributed by atoms with Gasteiger partial charge in [-0.05, 0) is 66.6 Å². The first-order chi connectivity index (χ1) is 17.5. The second-order valence-corrected chi connectivity index (χ2v) is 8.14. The fraction of sp³-hybridized carbons (Fsp3) is 0.143. The molecular weight excluding hydrogens is 462 g/mol. The Bertz CT molecular complexity index is 1520. The van der Waals surface area contributed by atoms with Crippen molar-refractivity contribution in [3.63, 3.8) is 0 Å². The molecule has 0 saturated heterocycles. The zero-order valence-corrected chi connectivity index (χ0v) is 19.5. The minimum Gasteiger partial charge on any atom is -0.466 e. The van der Waals surface area contributed by atoms with Gasteiger partial charge in [-0.2, -0.15) is 5.10 Å². The van der Waals surface area contributed by atoms with E-state index in [1.165, 1.54) is 24.3 Å². The van der Waals surface area contributed by atoms with Crippen LogP contribution in [0.4, 0.5) is 8.78 Å². The van der Waals surface area contributed by atoms with Crippen LogP contribution in [0, 0.1) is 11.6 Å². The highest BCUT2D eigenvalue weighted by atomic mass is 19.1. The van der Waals surface area contributed by atoms with E-state index in [1.807, 2.05) is 18.3 Å². The molecule has 0 radical (unpaired) electrons. The summed E-state index contributed by atoms with van der Waals surface area (Å²) in [4.78, 5) is 20.9. The molecule has 0 aliphatic rings. The van der Waals surface area contributed by atoms with Gasteiger partial charge in [0.15, 0.2) is 5.65 Å². The van der Waals surface area contributed by atoms with Crippen molar-refractivity contribution in [1.82, 2.24) is 19.7 Å². The topological polar surface area (TPSA) is 69.9 Å². The number of rotatable bonds is 7. The van der Waals surface area contributed by atoms with Crippen molar-refractivity contribution in [2.75, 3.05) is 6.61 Å². The number of fused-ring (bicyclic) bond motifs is 1. The van der Waals surface area contributed by atoms with E-state index < -0.39 is 0 Å². The van der Waals surface area contributed by atoms with E-state index in [9.17, 15) is 13.6 Å². The number of pyridine rings is 2. The van der Waals surface area contributed by atoms with Crippen LogP contribution >= 0.6 is 0 Å². The average molecular weight is 485 g/mol. The van der Waals surface area contributed by atoms with Crippen molar-refractivity contribution in [2.45, 2.75) is 19.9 Å². The largest absolute Gasteiger partial charge is 0.466 e. The Morgan fingerprint density at radius 1 is 0.861 bits per heavy atom. The lowest BCUT2D eigenvalue weighted by Crippen LogP contribution is -2.09. The first-order valence-corrected chi connectivity index (χ1v) is 11.5. The Labute approximate surface area is 206 Å². The van der Waals surface area contributed by atoms with Gasteiger partial charge in [0.2, 0.25) is 0 Å². The Morgan fingerprint density at radius 3 is 2.11 bits per heavy atom. The maximum atomic E-state index is 13.8. The summed E-state index contributed by atoms with van der Waals surface area (Å²) in [6, 6.07) is 16.1. The van der Waals surface area contributed by atoms with Gasteiger partial charge in [0.05, 0.1) is 25.3 Å². The van der Waals surface area contributed by atoms with Crippen LogP contribution < -0.4 is 0 Å². The minimum absolute atomic E-state index is 0.162. The van der Waals surface area contributed by atoms with Gasteiger partial charge in [0, 0.05) is 40.7 Å². The molecule has 3 aromatic heterocycles. The van der Waals surface area contributed by atoms with E-state index in [2.05, 4.69) is 10.1 Å². The van der Waals surface area contributed by atoms with E-state index in [0.717, 1.165) is 27.6 Å². The molecule has 0 N–H and O–H groups in total. The molecular formula is C28H22F2N4O2. The first kappa shape index (κ1) is 23.3. The van der Waals surface area contributed by atoms with Crippen molar-refractivity contribution >= 4 is 17.0 Å². The fourth-order valence-corrected chi connectivity index (χ4v) is 4.17. The molecule has 0 aliphatic heterocycles. The maximum absolute atomic E-state index is 13.8. The highest BCUT2D eigenvalue weighted by Gasteiger charge is 2.22. The monoisotopic (exact) mass is 484 g/mol. The predicted octanol–water partition coefficient (Wildman–Crippen LogP) is 6.06. The Hall–Kier alpha value is -4.46. The van der Waals surface area contributed by atoms with Crippen molar-refractivity contribution in [3.05, 3.63) is 90.9 Å². The van der Waals surface area contributed by atoms with Crippen LogP contribution in [0.3, 0.4) is 0 Å². The summed E-state index contributed by atoms with van der Waals surface area (Å²) in [5.41, 5.74) is 4.95. The second kappa shape index (κ2) is 10.0. The minimum atomic E-state index is -0.354. The molecule has 0 bridgehead atoms. The van der Waals surface area contributed by atoms with Gasteiger partial charge in [-0.1, -0.05) is 12.1 Å². The Balaban J connectivity index is 1.78. The van der Waals surface area contributed by atoms with Crippen LogP contribution in [0.15, 0.2) is 79.3 Å². The number of aryl methyl sites for hydroxylation is 1. The van der Waals surface area contributed by atoms with E-state index in [1.54, 1.807) is 48.3 Å². The van der Waals surface area contributed by atoms with E-state index in [0.29, 0.717) is 30.1 Å². The third-order valence-corrected chi connectivity index (χ3v) is 5.79. The molecule has 8 heteroatoms. The maximum Gasteiger partial charge on any atom is 0.307 e. The van der Waals surface area contributed by atoms with E-state index in [4.69, 9.17) is 9.72 Å². The van der Waals surface area contributed by atoms with Crippen molar-refractivity contribution in [1.29, 1.82) is 0 Å². The molecule has 6 nitrogen and oxygen atoms in total. The SMILES string of the molecule is CCOC(=O)CCn1cc2c(-c3ccc(F)cc3)c(-c3ccncc3)c(-c3ccc(F)cc3)nc2n1. The second-order valence-electron chi connectivity index (χ2n) is 8.14. The number of aromatic nitrogens is 4. The quantitative estimate of drug-likeness (QED) is 0.263. The van der Waals surface area contributed by atoms with Crippen molar-refractivity contribution in [3.8, 4) is 33.5 Å². The number of carbonyl (C=O) groups is 1.